The average Bonchev–Trinajstić information content (AvgIpc) is 3.76. The van der Waals surface area contributed by atoms with Crippen LogP contribution >= 0.6 is 0 Å². The van der Waals surface area contributed by atoms with Gasteiger partial charge in [-0.2, -0.15) is 0 Å². The number of ether oxygens (including phenoxy) is 2. The second kappa shape index (κ2) is 12.0. The van der Waals surface area contributed by atoms with E-state index in [-0.39, 0.29) is 23.6 Å². The summed E-state index contributed by atoms with van der Waals surface area (Å²) in [6, 6.07) is 19.1. The van der Waals surface area contributed by atoms with Gasteiger partial charge in [0.2, 0.25) is 0 Å². The number of aliphatic carboxylic acids is 1. The number of halogens is 1. The summed E-state index contributed by atoms with van der Waals surface area (Å²) in [7, 11) is 1.60. The van der Waals surface area contributed by atoms with Gasteiger partial charge in [0.1, 0.15) is 23.9 Å². The van der Waals surface area contributed by atoms with E-state index < -0.39 is 5.97 Å². The summed E-state index contributed by atoms with van der Waals surface area (Å²) in [5.41, 5.74) is 4.82. The zero-order valence-corrected chi connectivity index (χ0v) is 23.9. The molecule has 0 radical (unpaired) electrons. The van der Waals surface area contributed by atoms with E-state index in [2.05, 4.69) is 19.9 Å². The molecule has 0 spiro atoms. The summed E-state index contributed by atoms with van der Waals surface area (Å²) in [5.74, 6) is 1.33. The lowest BCUT2D eigenvalue weighted by atomic mass is 9.65. The van der Waals surface area contributed by atoms with E-state index >= 15 is 4.39 Å². The molecule has 2 aliphatic carbocycles. The lowest BCUT2D eigenvalue weighted by Crippen LogP contribution is -2.26. The zero-order chi connectivity index (χ0) is 28.3. The third-order valence-electron chi connectivity index (χ3n) is 8.93. The first-order valence-electron chi connectivity index (χ1n) is 14.6. The molecule has 3 aromatic rings. The third kappa shape index (κ3) is 6.68. The minimum atomic E-state index is -0.761. The number of hydrogen-bond donors (Lipinski definition) is 1. The molecule has 2 saturated carbocycles. The predicted octanol–water partition coefficient (Wildman–Crippen LogP) is 9.12. The summed E-state index contributed by atoms with van der Waals surface area (Å²) in [4.78, 5) is 11.5. The van der Waals surface area contributed by atoms with Crippen LogP contribution < -0.4 is 9.47 Å². The van der Waals surface area contributed by atoms with Crippen molar-refractivity contribution in [1.82, 2.24) is 0 Å². The Bertz CT molecular complexity index is 1340. The molecule has 4 nitrogen and oxygen atoms in total. The number of benzene rings is 3. The smallest absolute Gasteiger partial charge is 0.303 e. The first-order chi connectivity index (χ1) is 19.2. The lowest BCUT2D eigenvalue weighted by molar-refractivity contribution is -0.137. The first-order valence-corrected chi connectivity index (χ1v) is 14.6. The molecular formula is C35H41FO4. The van der Waals surface area contributed by atoms with Crippen molar-refractivity contribution in [3.8, 4) is 22.6 Å². The topological polar surface area (TPSA) is 55.8 Å². The van der Waals surface area contributed by atoms with Crippen molar-refractivity contribution in [2.45, 2.75) is 83.7 Å². The number of carboxylic acids is 1. The molecule has 2 fully saturated rings. The Kier molecular flexibility index (Phi) is 8.48. The van der Waals surface area contributed by atoms with Crippen molar-refractivity contribution < 1.29 is 23.8 Å². The molecule has 40 heavy (non-hydrogen) atoms. The normalized spacial score (nSPS) is 19.1. The molecule has 0 aromatic heterocycles. The Morgan fingerprint density at radius 3 is 2.55 bits per heavy atom. The maximum atomic E-state index is 15.1. The van der Waals surface area contributed by atoms with Gasteiger partial charge in [0.25, 0.3) is 0 Å². The standard InChI is InChI=1S/C35H41FO4/c1-35(2)16-5-4-9-32(35)30-18-24(12-14-29(30)31-21-27(39-3)13-15-33(31)36)22-40-28-8-6-7-25(19-28)26(20-34(37)38)17-23-10-11-23/h6-8,12-15,18-19,21,23,26,32H,4-5,9-11,16-17,20,22H2,1-3H3,(H,37,38)/t26-,32+/m0/s1. The molecule has 3 aromatic carbocycles. The summed E-state index contributed by atoms with van der Waals surface area (Å²) >= 11 is 0. The molecule has 2 atom stereocenters. The van der Waals surface area contributed by atoms with E-state index in [1.807, 2.05) is 36.4 Å². The molecule has 5 rings (SSSR count). The highest BCUT2D eigenvalue weighted by atomic mass is 19.1. The van der Waals surface area contributed by atoms with Gasteiger partial charge in [0.15, 0.2) is 0 Å². The molecule has 0 bridgehead atoms. The Labute approximate surface area is 237 Å². The van der Waals surface area contributed by atoms with Crippen LogP contribution in [0.3, 0.4) is 0 Å². The van der Waals surface area contributed by atoms with E-state index in [9.17, 15) is 9.90 Å². The van der Waals surface area contributed by atoms with Crippen molar-refractivity contribution >= 4 is 5.97 Å². The second-order valence-corrected chi connectivity index (χ2v) is 12.4. The lowest BCUT2D eigenvalue weighted by Gasteiger charge is -2.40. The van der Waals surface area contributed by atoms with Gasteiger partial charge in [0.05, 0.1) is 13.5 Å². The Morgan fingerprint density at radius 1 is 1.00 bits per heavy atom. The fraction of sp³-hybridized carbons (Fsp3) is 0.457. The van der Waals surface area contributed by atoms with E-state index in [1.165, 1.54) is 31.7 Å². The van der Waals surface area contributed by atoms with Crippen LogP contribution in [0.15, 0.2) is 60.7 Å². The molecule has 212 valence electrons. The highest BCUT2D eigenvalue weighted by molar-refractivity contribution is 5.71. The van der Waals surface area contributed by atoms with Gasteiger partial charge in [-0.1, -0.05) is 69.9 Å². The van der Waals surface area contributed by atoms with Crippen LogP contribution in [0.2, 0.25) is 0 Å². The van der Waals surface area contributed by atoms with E-state index in [1.54, 1.807) is 19.2 Å². The molecule has 0 amide bonds. The van der Waals surface area contributed by atoms with Gasteiger partial charge >= 0.3 is 5.97 Å². The fourth-order valence-electron chi connectivity index (χ4n) is 6.47. The van der Waals surface area contributed by atoms with Crippen molar-refractivity contribution in [3.63, 3.8) is 0 Å². The van der Waals surface area contributed by atoms with Gasteiger partial charge < -0.3 is 14.6 Å². The van der Waals surface area contributed by atoms with Gasteiger partial charge in [-0.3, -0.25) is 4.79 Å². The van der Waals surface area contributed by atoms with Crippen LogP contribution in [-0.4, -0.2) is 18.2 Å². The molecule has 0 saturated heterocycles. The van der Waals surface area contributed by atoms with Crippen LogP contribution in [0.5, 0.6) is 11.5 Å². The highest BCUT2D eigenvalue weighted by Crippen LogP contribution is 2.50. The minimum Gasteiger partial charge on any atom is -0.497 e. The molecular weight excluding hydrogens is 503 g/mol. The maximum Gasteiger partial charge on any atom is 0.303 e. The molecule has 5 heteroatoms. The number of carboxylic acid groups (broad SMARTS) is 1. The first kappa shape index (κ1) is 28.2. The average molecular weight is 545 g/mol. The van der Waals surface area contributed by atoms with Crippen LogP contribution in [0.1, 0.15) is 93.7 Å². The van der Waals surface area contributed by atoms with Gasteiger partial charge in [-0.05, 0) is 95.0 Å². The SMILES string of the molecule is COc1ccc(F)c(-c2ccc(COc3cccc([C@H](CC(=O)O)CC4CC4)c3)cc2[C@H]2CCCCC2(C)C)c1. The van der Waals surface area contributed by atoms with E-state index in [0.29, 0.717) is 29.8 Å². The molecule has 0 aliphatic heterocycles. The van der Waals surface area contributed by atoms with Crippen molar-refractivity contribution in [1.29, 1.82) is 0 Å². The number of rotatable bonds is 11. The fourth-order valence-corrected chi connectivity index (χ4v) is 6.47. The molecule has 0 heterocycles. The van der Waals surface area contributed by atoms with Crippen molar-refractivity contribution in [2.24, 2.45) is 11.3 Å². The van der Waals surface area contributed by atoms with Crippen LogP contribution in [-0.2, 0) is 11.4 Å². The van der Waals surface area contributed by atoms with Crippen LogP contribution in [0.25, 0.3) is 11.1 Å². The number of carbonyl (C=O) groups is 1. The second-order valence-electron chi connectivity index (χ2n) is 12.4. The van der Waals surface area contributed by atoms with Crippen molar-refractivity contribution in [3.05, 3.63) is 83.2 Å². The summed E-state index contributed by atoms with van der Waals surface area (Å²) in [5, 5.41) is 9.46. The molecule has 0 unspecified atom stereocenters. The minimum absolute atomic E-state index is 0.00530. The van der Waals surface area contributed by atoms with Gasteiger partial charge in [0, 0.05) is 5.56 Å². The number of hydrogen-bond acceptors (Lipinski definition) is 3. The van der Waals surface area contributed by atoms with Gasteiger partial charge in [-0.15, -0.1) is 0 Å². The monoisotopic (exact) mass is 544 g/mol. The Morgan fingerprint density at radius 2 is 1.82 bits per heavy atom. The Balaban J connectivity index is 1.43. The summed E-state index contributed by atoms with van der Waals surface area (Å²) in [6.07, 6.45) is 8.05. The third-order valence-corrected chi connectivity index (χ3v) is 8.93. The summed E-state index contributed by atoms with van der Waals surface area (Å²) in [6.45, 7) is 5.04. The van der Waals surface area contributed by atoms with Crippen LogP contribution in [0.4, 0.5) is 4.39 Å². The Hall–Kier alpha value is -3.34. The highest BCUT2D eigenvalue weighted by Gasteiger charge is 2.35. The molecule has 2 aliphatic rings. The van der Waals surface area contributed by atoms with Crippen molar-refractivity contribution in [2.75, 3.05) is 7.11 Å². The maximum absolute atomic E-state index is 15.1. The summed E-state index contributed by atoms with van der Waals surface area (Å²) < 4.78 is 26.8. The van der Waals surface area contributed by atoms with Gasteiger partial charge in [-0.25, -0.2) is 4.39 Å². The molecule has 1 N–H and O–H groups in total. The zero-order valence-electron chi connectivity index (χ0n) is 23.9. The predicted molar refractivity (Wildman–Crippen MR) is 156 cm³/mol. The largest absolute Gasteiger partial charge is 0.497 e. The van der Waals surface area contributed by atoms with E-state index in [4.69, 9.17) is 9.47 Å². The number of methoxy groups -OCH3 is 1. The quantitative estimate of drug-likeness (QED) is 0.261. The van der Waals surface area contributed by atoms with Crippen LogP contribution in [0, 0.1) is 17.2 Å². The van der Waals surface area contributed by atoms with E-state index in [0.717, 1.165) is 47.3 Å².